The Morgan fingerprint density at radius 1 is 1.39 bits per heavy atom. The van der Waals surface area contributed by atoms with Crippen LogP contribution in [0.1, 0.15) is 12.5 Å². The summed E-state index contributed by atoms with van der Waals surface area (Å²) in [7, 11) is 0. The van der Waals surface area contributed by atoms with Gasteiger partial charge in [0.1, 0.15) is 12.0 Å². The number of ether oxygens (including phenoxy) is 1. The predicted octanol–water partition coefficient (Wildman–Crippen LogP) is 1.03. The molecule has 0 radical (unpaired) electrons. The molecule has 7 nitrogen and oxygen atoms in total. The summed E-state index contributed by atoms with van der Waals surface area (Å²) in [6.07, 6.45) is 0. The maximum Gasteiger partial charge on any atom is 0.355 e. The van der Waals surface area contributed by atoms with Crippen LogP contribution in [-0.2, 0) is 19.1 Å². The molecule has 1 aromatic carbocycles. The van der Waals surface area contributed by atoms with Crippen molar-refractivity contribution in [1.82, 2.24) is 5.43 Å². The molecule has 1 fully saturated rings. The van der Waals surface area contributed by atoms with E-state index in [-0.39, 0.29) is 12.3 Å². The van der Waals surface area contributed by atoms with Gasteiger partial charge in [-0.05, 0) is 31.5 Å². The highest BCUT2D eigenvalue weighted by molar-refractivity contribution is 6.46. The maximum atomic E-state index is 12.7. The van der Waals surface area contributed by atoms with Gasteiger partial charge < -0.3 is 4.74 Å². The maximum absolute atomic E-state index is 12.7. The van der Waals surface area contributed by atoms with Crippen molar-refractivity contribution in [2.75, 3.05) is 11.5 Å². The quantitative estimate of drug-likeness (QED) is 0.658. The minimum absolute atomic E-state index is 0.0719. The average molecular weight is 336 g/mol. The molecular weight excluding hydrogens is 322 g/mol. The highest BCUT2D eigenvalue weighted by Gasteiger charge is 2.56. The molecule has 0 saturated carbocycles. The fourth-order valence-corrected chi connectivity index (χ4v) is 2.89. The smallest absolute Gasteiger partial charge is 0.355 e. The molecule has 2 amide bonds. The standard InChI is InChI=1S/C15H14ClN3O4/c1-3-23-15(22)12-10-11(17-18-12)14(21)19(13(10)20)9-6-8(16)5-4-7(9)2/h4-6,10-11,17H,3H2,1-2H3. The number of hydrogen-bond acceptors (Lipinski definition) is 6. The van der Waals surface area contributed by atoms with E-state index in [9.17, 15) is 14.4 Å². The van der Waals surface area contributed by atoms with E-state index in [0.717, 1.165) is 10.5 Å². The Balaban J connectivity index is 1.97. The number of fused-ring (bicyclic) bond motifs is 1. The lowest BCUT2D eigenvalue weighted by Gasteiger charge is -2.18. The zero-order valence-corrected chi connectivity index (χ0v) is 13.3. The second kappa shape index (κ2) is 5.66. The number of aryl methyl sites for hydroxylation is 1. The highest BCUT2D eigenvalue weighted by atomic mass is 35.5. The number of amides is 2. The number of hydrogen-bond donors (Lipinski definition) is 1. The zero-order chi connectivity index (χ0) is 16.7. The van der Waals surface area contributed by atoms with Crippen molar-refractivity contribution in [3.05, 3.63) is 28.8 Å². The molecule has 1 N–H and O–H groups in total. The van der Waals surface area contributed by atoms with Crippen LogP contribution in [0, 0.1) is 12.8 Å². The van der Waals surface area contributed by atoms with Gasteiger partial charge >= 0.3 is 5.97 Å². The number of esters is 1. The van der Waals surface area contributed by atoms with Gasteiger partial charge in [0, 0.05) is 5.02 Å². The number of imide groups is 1. The molecule has 0 aliphatic carbocycles. The molecule has 2 atom stereocenters. The van der Waals surface area contributed by atoms with Gasteiger partial charge in [0.2, 0.25) is 5.91 Å². The molecule has 8 heteroatoms. The first-order valence-corrected chi connectivity index (χ1v) is 7.47. The van der Waals surface area contributed by atoms with E-state index in [4.69, 9.17) is 16.3 Å². The van der Waals surface area contributed by atoms with Gasteiger partial charge in [-0.3, -0.25) is 15.0 Å². The minimum Gasteiger partial charge on any atom is -0.461 e. The first-order chi connectivity index (χ1) is 11.0. The number of nitrogens with one attached hydrogen (secondary N) is 1. The van der Waals surface area contributed by atoms with Crippen LogP contribution in [0.15, 0.2) is 23.3 Å². The molecule has 0 spiro atoms. The van der Waals surface area contributed by atoms with Gasteiger partial charge in [-0.1, -0.05) is 17.7 Å². The number of nitrogens with zero attached hydrogens (tertiary/aromatic N) is 2. The van der Waals surface area contributed by atoms with E-state index in [1.54, 1.807) is 32.0 Å². The number of rotatable bonds is 3. The van der Waals surface area contributed by atoms with Crippen molar-refractivity contribution in [3.63, 3.8) is 0 Å². The Hall–Kier alpha value is -2.41. The van der Waals surface area contributed by atoms with E-state index in [2.05, 4.69) is 10.5 Å². The number of carbonyl (C=O) groups excluding carboxylic acids is 3. The summed E-state index contributed by atoms with van der Waals surface area (Å²) in [6.45, 7) is 3.59. The molecule has 23 heavy (non-hydrogen) atoms. The largest absolute Gasteiger partial charge is 0.461 e. The molecule has 0 aromatic heterocycles. The molecule has 0 bridgehead atoms. The summed E-state index contributed by atoms with van der Waals surface area (Å²) < 4.78 is 4.89. The molecule has 2 aliphatic heterocycles. The minimum atomic E-state index is -0.972. The fraction of sp³-hybridized carbons (Fsp3) is 0.333. The first-order valence-electron chi connectivity index (χ1n) is 7.10. The van der Waals surface area contributed by atoms with E-state index in [1.807, 2.05) is 0 Å². The van der Waals surface area contributed by atoms with Crippen LogP contribution < -0.4 is 10.3 Å². The van der Waals surface area contributed by atoms with Crippen molar-refractivity contribution in [2.45, 2.75) is 19.9 Å². The van der Waals surface area contributed by atoms with E-state index in [0.29, 0.717) is 10.7 Å². The lowest BCUT2D eigenvalue weighted by atomic mass is 9.99. The van der Waals surface area contributed by atoms with Gasteiger partial charge in [-0.2, -0.15) is 5.10 Å². The average Bonchev–Trinajstić information content (AvgIpc) is 3.04. The molecule has 2 aliphatic rings. The molecule has 1 aromatic rings. The lowest BCUT2D eigenvalue weighted by molar-refractivity contribution is -0.136. The number of anilines is 1. The van der Waals surface area contributed by atoms with Crippen LogP contribution in [0.2, 0.25) is 5.02 Å². The van der Waals surface area contributed by atoms with E-state index in [1.165, 1.54) is 0 Å². The van der Waals surface area contributed by atoms with Crippen LogP contribution in [-0.4, -0.2) is 36.1 Å². The van der Waals surface area contributed by atoms with Crippen molar-refractivity contribution in [2.24, 2.45) is 11.0 Å². The van der Waals surface area contributed by atoms with Crippen molar-refractivity contribution in [1.29, 1.82) is 0 Å². The van der Waals surface area contributed by atoms with Crippen LogP contribution in [0.4, 0.5) is 5.69 Å². The van der Waals surface area contributed by atoms with Gasteiger partial charge in [-0.25, -0.2) is 9.69 Å². The third-order valence-electron chi connectivity index (χ3n) is 3.82. The van der Waals surface area contributed by atoms with Crippen LogP contribution in [0.3, 0.4) is 0 Å². The Morgan fingerprint density at radius 2 is 2.13 bits per heavy atom. The highest BCUT2D eigenvalue weighted by Crippen LogP contribution is 2.33. The summed E-state index contributed by atoms with van der Waals surface area (Å²) >= 11 is 5.97. The summed E-state index contributed by atoms with van der Waals surface area (Å²) in [4.78, 5) is 38.2. The predicted molar refractivity (Wildman–Crippen MR) is 83.2 cm³/mol. The molecule has 2 unspecified atom stereocenters. The zero-order valence-electron chi connectivity index (χ0n) is 12.5. The molecule has 2 heterocycles. The second-order valence-corrected chi connectivity index (χ2v) is 5.68. The third-order valence-corrected chi connectivity index (χ3v) is 4.06. The monoisotopic (exact) mass is 335 g/mol. The lowest BCUT2D eigenvalue weighted by Crippen LogP contribution is -2.36. The topological polar surface area (TPSA) is 88.1 Å². The van der Waals surface area contributed by atoms with Gasteiger partial charge in [0.25, 0.3) is 5.91 Å². The van der Waals surface area contributed by atoms with Crippen LogP contribution >= 0.6 is 11.6 Å². The molecule has 120 valence electrons. The normalized spacial score (nSPS) is 22.7. The van der Waals surface area contributed by atoms with E-state index >= 15 is 0 Å². The molecule has 1 saturated heterocycles. The Morgan fingerprint density at radius 3 is 2.83 bits per heavy atom. The third kappa shape index (κ3) is 2.37. The Labute approximate surface area is 137 Å². The fourth-order valence-electron chi connectivity index (χ4n) is 2.72. The summed E-state index contributed by atoms with van der Waals surface area (Å²) in [6, 6.07) is 4.06. The van der Waals surface area contributed by atoms with Crippen LogP contribution in [0.5, 0.6) is 0 Å². The second-order valence-electron chi connectivity index (χ2n) is 5.24. The summed E-state index contributed by atoms with van der Waals surface area (Å²) in [5, 5.41) is 4.22. The number of halogens is 1. The first kappa shape index (κ1) is 15.5. The van der Waals surface area contributed by atoms with Gasteiger partial charge in [0.05, 0.1) is 12.3 Å². The van der Waals surface area contributed by atoms with Crippen molar-refractivity contribution >= 4 is 40.8 Å². The summed E-state index contributed by atoms with van der Waals surface area (Å²) in [5.41, 5.74) is 3.63. The van der Waals surface area contributed by atoms with Crippen molar-refractivity contribution < 1.29 is 19.1 Å². The summed E-state index contributed by atoms with van der Waals surface area (Å²) in [5.74, 6) is -2.64. The van der Waals surface area contributed by atoms with Gasteiger partial charge in [0.15, 0.2) is 5.71 Å². The SMILES string of the molecule is CCOC(=O)C1=NNC2C(=O)N(c3cc(Cl)ccc3C)C(=O)C12. The van der Waals surface area contributed by atoms with Gasteiger partial charge in [-0.15, -0.1) is 0 Å². The van der Waals surface area contributed by atoms with Crippen molar-refractivity contribution in [3.8, 4) is 0 Å². The number of benzene rings is 1. The van der Waals surface area contributed by atoms with Crippen LogP contribution in [0.25, 0.3) is 0 Å². The Kier molecular flexibility index (Phi) is 3.81. The molecule has 3 rings (SSSR count). The van der Waals surface area contributed by atoms with E-state index < -0.39 is 29.7 Å². The number of carbonyl (C=O) groups is 3. The number of hydrazone groups is 1. The molecular formula is C15H14ClN3O4. The Bertz CT molecular complexity index is 746.